The number of aliphatic hydroxyl groups is 1. The number of benzene rings is 2. The van der Waals surface area contributed by atoms with E-state index >= 15 is 0 Å². The highest BCUT2D eigenvalue weighted by molar-refractivity contribution is 5.96. The van der Waals surface area contributed by atoms with Crippen LogP contribution in [0.2, 0.25) is 0 Å². The third-order valence-electron chi connectivity index (χ3n) is 5.87. The maximum Gasteiger partial charge on any atom is 0.407 e. The van der Waals surface area contributed by atoms with Crippen molar-refractivity contribution < 1.29 is 24.2 Å². The van der Waals surface area contributed by atoms with Gasteiger partial charge in [0.2, 0.25) is 0 Å². The smallest absolute Gasteiger partial charge is 0.407 e. The van der Waals surface area contributed by atoms with Gasteiger partial charge in [-0.15, -0.1) is 0 Å². The summed E-state index contributed by atoms with van der Waals surface area (Å²) < 4.78 is 10.8. The molecule has 7 nitrogen and oxygen atoms in total. The molecule has 0 saturated heterocycles. The molecule has 0 aliphatic heterocycles. The van der Waals surface area contributed by atoms with Crippen LogP contribution < -0.4 is 15.4 Å². The highest BCUT2D eigenvalue weighted by Crippen LogP contribution is 2.40. The molecule has 0 bridgehead atoms. The van der Waals surface area contributed by atoms with Crippen molar-refractivity contribution in [3.8, 4) is 5.75 Å². The molecule has 1 aliphatic rings. The number of ether oxygens (including phenoxy) is 2. The number of carbonyl (C=O) groups is 2. The Balaban J connectivity index is 1.69. The first-order chi connectivity index (χ1) is 15.1. The molecule has 2 amide bonds. The zero-order valence-electron chi connectivity index (χ0n) is 17.8. The molecule has 2 aromatic carbocycles. The van der Waals surface area contributed by atoms with Crippen LogP contribution in [0.15, 0.2) is 54.6 Å². The van der Waals surface area contributed by atoms with Gasteiger partial charge in [-0.1, -0.05) is 42.5 Å². The SMILES string of the molecule is COc1ccccc1C(=O)NCC1(c2ccccc2)CCC(OC(=O)NCCO)CC1. The monoisotopic (exact) mass is 426 g/mol. The zero-order valence-corrected chi connectivity index (χ0v) is 17.8. The number of para-hydroxylation sites is 1. The third-order valence-corrected chi connectivity index (χ3v) is 5.87. The lowest BCUT2D eigenvalue weighted by Gasteiger charge is -2.40. The second-order valence-corrected chi connectivity index (χ2v) is 7.78. The molecule has 31 heavy (non-hydrogen) atoms. The molecule has 0 heterocycles. The van der Waals surface area contributed by atoms with E-state index < -0.39 is 6.09 Å². The molecular formula is C24H30N2O5. The van der Waals surface area contributed by atoms with Crippen molar-refractivity contribution in [1.29, 1.82) is 0 Å². The lowest BCUT2D eigenvalue weighted by atomic mass is 9.68. The van der Waals surface area contributed by atoms with E-state index in [9.17, 15) is 9.59 Å². The Kier molecular flexibility index (Phi) is 7.89. The van der Waals surface area contributed by atoms with Crippen LogP contribution in [0.5, 0.6) is 5.75 Å². The average Bonchev–Trinajstić information content (AvgIpc) is 2.82. The molecule has 166 valence electrons. The fourth-order valence-electron chi connectivity index (χ4n) is 4.15. The number of methoxy groups -OCH3 is 1. The number of nitrogens with one attached hydrogen (secondary N) is 2. The number of hydrogen-bond donors (Lipinski definition) is 3. The first kappa shape index (κ1) is 22.6. The van der Waals surface area contributed by atoms with E-state index in [0.717, 1.165) is 12.8 Å². The minimum atomic E-state index is -0.504. The molecule has 0 aromatic heterocycles. The Labute approximate surface area is 182 Å². The Bertz CT molecular complexity index is 863. The lowest BCUT2D eigenvalue weighted by molar-refractivity contribution is 0.0557. The molecule has 1 fully saturated rings. The fourth-order valence-corrected chi connectivity index (χ4v) is 4.15. The van der Waals surface area contributed by atoms with Crippen molar-refractivity contribution in [2.45, 2.75) is 37.2 Å². The van der Waals surface area contributed by atoms with Crippen molar-refractivity contribution >= 4 is 12.0 Å². The van der Waals surface area contributed by atoms with E-state index in [1.165, 1.54) is 5.56 Å². The Morgan fingerprint density at radius 1 is 1.03 bits per heavy atom. The molecule has 0 unspecified atom stereocenters. The molecule has 1 aliphatic carbocycles. The number of amides is 2. The summed E-state index contributed by atoms with van der Waals surface area (Å²) in [5.74, 6) is 0.370. The zero-order chi connectivity index (χ0) is 22.1. The minimum absolute atomic E-state index is 0.122. The van der Waals surface area contributed by atoms with Crippen LogP contribution in [-0.2, 0) is 10.2 Å². The van der Waals surface area contributed by atoms with Gasteiger partial charge in [-0.05, 0) is 43.4 Å². The van der Waals surface area contributed by atoms with E-state index in [2.05, 4.69) is 22.8 Å². The second-order valence-electron chi connectivity index (χ2n) is 7.78. The van der Waals surface area contributed by atoms with Crippen molar-refractivity contribution in [3.05, 3.63) is 65.7 Å². The van der Waals surface area contributed by atoms with E-state index in [1.54, 1.807) is 19.2 Å². The maximum absolute atomic E-state index is 12.9. The Morgan fingerprint density at radius 2 is 1.71 bits per heavy atom. The Morgan fingerprint density at radius 3 is 2.39 bits per heavy atom. The van der Waals surface area contributed by atoms with Gasteiger partial charge in [-0.25, -0.2) is 4.79 Å². The summed E-state index contributed by atoms with van der Waals surface area (Å²) >= 11 is 0. The van der Waals surface area contributed by atoms with Gasteiger partial charge in [-0.2, -0.15) is 0 Å². The number of aliphatic hydroxyl groups excluding tert-OH is 1. The van der Waals surface area contributed by atoms with Gasteiger partial charge in [0, 0.05) is 18.5 Å². The summed E-state index contributed by atoms with van der Waals surface area (Å²) in [4.78, 5) is 24.7. The summed E-state index contributed by atoms with van der Waals surface area (Å²) in [6.45, 7) is 0.536. The van der Waals surface area contributed by atoms with E-state index in [-0.39, 0.29) is 30.6 Å². The van der Waals surface area contributed by atoms with Gasteiger partial charge < -0.3 is 25.2 Å². The van der Waals surface area contributed by atoms with Gasteiger partial charge in [-0.3, -0.25) is 4.79 Å². The van der Waals surface area contributed by atoms with Crippen LogP contribution in [0.25, 0.3) is 0 Å². The van der Waals surface area contributed by atoms with Crippen LogP contribution in [0.4, 0.5) is 4.79 Å². The van der Waals surface area contributed by atoms with E-state index in [4.69, 9.17) is 14.6 Å². The predicted octanol–water partition coefficient (Wildman–Crippen LogP) is 3.02. The van der Waals surface area contributed by atoms with Crippen LogP contribution >= 0.6 is 0 Å². The highest BCUT2D eigenvalue weighted by Gasteiger charge is 2.38. The molecular weight excluding hydrogens is 396 g/mol. The van der Waals surface area contributed by atoms with Gasteiger partial charge in [0.15, 0.2) is 0 Å². The molecule has 0 radical (unpaired) electrons. The lowest BCUT2D eigenvalue weighted by Crippen LogP contribution is -2.45. The number of alkyl carbamates (subject to hydrolysis) is 1. The summed E-state index contributed by atoms with van der Waals surface area (Å²) in [6.07, 6.45) is 2.27. The predicted molar refractivity (Wildman–Crippen MR) is 117 cm³/mol. The first-order valence-corrected chi connectivity index (χ1v) is 10.6. The van der Waals surface area contributed by atoms with Crippen LogP contribution in [0, 0.1) is 0 Å². The van der Waals surface area contributed by atoms with Crippen molar-refractivity contribution in [3.63, 3.8) is 0 Å². The van der Waals surface area contributed by atoms with Crippen LogP contribution in [-0.4, -0.2) is 50.0 Å². The topological polar surface area (TPSA) is 96.9 Å². The molecule has 0 spiro atoms. The van der Waals surface area contributed by atoms with E-state index in [1.807, 2.05) is 30.3 Å². The second kappa shape index (κ2) is 10.8. The fraction of sp³-hybridized carbons (Fsp3) is 0.417. The molecule has 3 N–H and O–H groups in total. The summed E-state index contributed by atoms with van der Waals surface area (Å²) in [5.41, 5.74) is 1.43. The first-order valence-electron chi connectivity index (χ1n) is 10.6. The summed E-state index contributed by atoms with van der Waals surface area (Å²) in [5, 5.41) is 14.4. The van der Waals surface area contributed by atoms with Crippen molar-refractivity contribution in [2.75, 3.05) is 26.8 Å². The number of carbonyl (C=O) groups excluding carboxylic acids is 2. The van der Waals surface area contributed by atoms with Gasteiger partial charge >= 0.3 is 6.09 Å². The number of hydrogen-bond acceptors (Lipinski definition) is 5. The van der Waals surface area contributed by atoms with Crippen molar-refractivity contribution in [2.24, 2.45) is 0 Å². The quantitative estimate of drug-likeness (QED) is 0.603. The van der Waals surface area contributed by atoms with Crippen LogP contribution in [0.1, 0.15) is 41.6 Å². The van der Waals surface area contributed by atoms with Gasteiger partial charge in [0.25, 0.3) is 5.91 Å². The number of rotatable bonds is 8. The Hall–Kier alpha value is -3.06. The average molecular weight is 427 g/mol. The van der Waals surface area contributed by atoms with Gasteiger partial charge in [0.05, 0.1) is 19.3 Å². The van der Waals surface area contributed by atoms with Crippen LogP contribution in [0.3, 0.4) is 0 Å². The van der Waals surface area contributed by atoms with E-state index in [0.29, 0.717) is 30.7 Å². The van der Waals surface area contributed by atoms with Gasteiger partial charge in [0.1, 0.15) is 11.9 Å². The third kappa shape index (κ3) is 5.76. The standard InChI is InChI=1S/C24H30N2O5/c1-30-21-10-6-5-9-20(21)22(28)26-17-24(18-7-3-2-4-8-18)13-11-19(12-14-24)31-23(29)25-15-16-27/h2-10,19,27H,11-17H2,1H3,(H,25,29)(H,26,28). The molecule has 1 saturated carbocycles. The summed E-state index contributed by atoms with van der Waals surface area (Å²) in [6, 6.07) is 17.3. The molecule has 0 atom stereocenters. The normalized spacial score (nSPS) is 20.5. The maximum atomic E-state index is 12.9. The molecule has 3 rings (SSSR count). The molecule has 2 aromatic rings. The largest absolute Gasteiger partial charge is 0.496 e. The molecule has 7 heteroatoms. The highest BCUT2D eigenvalue weighted by atomic mass is 16.6. The van der Waals surface area contributed by atoms with Crippen molar-refractivity contribution in [1.82, 2.24) is 10.6 Å². The summed E-state index contributed by atoms with van der Waals surface area (Å²) in [7, 11) is 1.55. The minimum Gasteiger partial charge on any atom is -0.496 e.